The zero-order valence-electron chi connectivity index (χ0n) is 17.7. The Labute approximate surface area is 167 Å². The van der Waals surface area contributed by atoms with Gasteiger partial charge in [0.25, 0.3) is 0 Å². The van der Waals surface area contributed by atoms with Gasteiger partial charge in [-0.3, -0.25) is 9.69 Å². The molecule has 0 bridgehead atoms. The van der Waals surface area contributed by atoms with Crippen LogP contribution in [0.4, 0.5) is 5.82 Å². The van der Waals surface area contributed by atoms with Gasteiger partial charge in [-0.1, -0.05) is 32.9 Å². The Balaban J connectivity index is 1.58. The molecular formula is C22H32N4O2. The molecule has 0 saturated carbocycles. The Morgan fingerprint density at radius 1 is 1.25 bits per heavy atom. The highest BCUT2D eigenvalue weighted by molar-refractivity contribution is 5.93. The second-order valence-corrected chi connectivity index (χ2v) is 8.68. The minimum atomic E-state index is -0.422. The number of likely N-dealkylation sites (tertiary alicyclic amines) is 1. The van der Waals surface area contributed by atoms with Gasteiger partial charge >= 0.3 is 0 Å². The molecule has 0 spiro atoms. The number of piperidine rings is 1. The number of aryl methyl sites for hydroxylation is 1. The Morgan fingerprint density at radius 2 is 1.96 bits per heavy atom. The van der Waals surface area contributed by atoms with E-state index in [1.807, 2.05) is 37.6 Å². The van der Waals surface area contributed by atoms with Gasteiger partial charge in [-0.05, 0) is 37.0 Å². The van der Waals surface area contributed by atoms with Crippen molar-refractivity contribution in [2.45, 2.75) is 53.1 Å². The molecule has 3 rings (SSSR count). The quantitative estimate of drug-likeness (QED) is 0.846. The number of hydrogen-bond donors (Lipinski definition) is 1. The van der Waals surface area contributed by atoms with Gasteiger partial charge < -0.3 is 10.1 Å². The van der Waals surface area contributed by atoms with Crippen LogP contribution in [-0.4, -0.2) is 40.8 Å². The fraction of sp³-hybridized carbons (Fsp3) is 0.545. The Morgan fingerprint density at radius 3 is 2.57 bits per heavy atom. The summed E-state index contributed by atoms with van der Waals surface area (Å²) < 4.78 is 7.34. The van der Waals surface area contributed by atoms with Crippen LogP contribution in [0, 0.1) is 12.3 Å². The molecule has 0 unspecified atom stereocenters. The molecule has 2 heterocycles. The summed E-state index contributed by atoms with van der Waals surface area (Å²) in [6, 6.07) is 8.60. The highest BCUT2D eigenvalue weighted by Gasteiger charge is 2.26. The van der Waals surface area contributed by atoms with Crippen molar-refractivity contribution in [3.63, 3.8) is 0 Å². The van der Waals surface area contributed by atoms with E-state index in [9.17, 15) is 4.79 Å². The van der Waals surface area contributed by atoms with E-state index in [1.54, 1.807) is 13.3 Å². The number of anilines is 1. The zero-order valence-corrected chi connectivity index (χ0v) is 17.7. The average molecular weight is 385 g/mol. The molecular weight excluding hydrogens is 352 g/mol. The number of nitrogens with zero attached hydrogens (tertiary/aromatic N) is 3. The highest BCUT2D eigenvalue weighted by atomic mass is 16.5. The van der Waals surface area contributed by atoms with Gasteiger partial charge in [0.05, 0.1) is 19.3 Å². The lowest BCUT2D eigenvalue weighted by atomic mass is 9.96. The molecule has 28 heavy (non-hydrogen) atoms. The Bertz CT molecular complexity index is 814. The molecule has 1 fully saturated rings. The van der Waals surface area contributed by atoms with Crippen LogP contribution in [-0.2, 0) is 11.3 Å². The summed E-state index contributed by atoms with van der Waals surface area (Å²) in [7, 11) is 1.71. The molecule has 1 saturated heterocycles. The van der Waals surface area contributed by atoms with Gasteiger partial charge in [0.1, 0.15) is 11.6 Å². The fourth-order valence-corrected chi connectivity index (χ4v) is 3.63. The topological polar surface area (TPSA) is 59.4 Å². The van der Waals surface area contributed by atoms with Crippen molar-refractivity contribution in [3.05, 3.63) is 41.6 Å². The molecule has 0 aliphatic carbocycles. The zero-order chi connectivity index (χ0) is 20.3. The molecule has 1 amide bonds. The van der Waals surface area contributed by atoms with Crippen molar-refractivity contribution >= 4 is 11.7 Å². The molecule has 1 aromatic carbocycles. The number of benzene rings is 1. The summed E-state index contributed by atoms with van der Waals surface area (Å²) in [5, 5.41) is 7.52. The largest absolute Gasteiger partial charge is 0.496 e. The average Bonchev–Trinajstić information content (AvgIpc) is 3.10. The summed E-state index contributed by atoms with van der Waals surface area (Å²) in [5.41, 5.74) is 2.06. The summed E-state index contributed by atoms with van der Waals surface area (Å²) in [6.45, 7) is 10.8. The predicted molar refractivity (Wildman–Crippen MR) is 112 cm³/mol. The first kappa shape index (κ1) is 20.4. The summed E-state index contributed by atoms with van der Waals surface area (Å²) >= 11 is 0. The second kappa shape index (κ2) is 8.35. The third-order valence-electron chi connectivity index (χ3n) is 5.36. The number of methoxy groups -OCH3 is 1. The molecule has 6 heteroatoms. The molecule has 0 atom stereocenters. The maximum atomic E-state index is 12.3. The molecule has 152 valence electrons. The van der Waals surface area contributed by atoms with Crippen LogP contribution in [0.3, 0.4) is 0 Å². The smallest absolute Gasteiger partial charge is 0.230 e. The number of carbonyl (C=O) groups is 1. The number of rotatable bonds is 5. The summed E-state index contributed by atoms with van der Waals surface area (Å²) in [4.78, 5) is 14.8. The number of nitrogens with one attached hydrogen (secondary N) is 1. The van der Waals surface area contributed by atoms with Crippen LogP contribution >= 0.6 is 0 Å². The second-order valence-electron chi connectivity index (χ2n) is 8.68. The molecule has 1 aromatic heterocycles. The van der Waals surface area contributed by atoms with E-state index in [0.29, 0.717) is 6.04 Å². The molecule has 0 radical (unpaired) electrons. The number of carbonyl (C=O) groups excluding carboxylic acids is 1. The SMILES string of the molecule is COc1ccc(CN2CCC(n3nccc3NC(=O)C(C)(C)C)CC2)cc1C. The van der Waals surface area contributed by atoms with E-state index in [1.165, 1.54) is 11.1 Å². The van der Waals surface area contributed by atoms with Crippen molar-refractivity contribution in [3.8, 4) is 5.75 Å². The van der Waals surface area contributed by atoms with Crippen LogP contribution in [0.15, 0.2) is 30.5 Å². The van der Waals surface area contributed by atoms with Crippen LogP contribution in [0.2, 0.25) is 0 Å². The van der Waals surface area contributed by atoms with E-state index < -0.39 is 5.41 Å². The maximum absolute atomic E-state index is 12.3. The van der Waals surface area contributed by atoms with E-state index >= 15 is 0 Å². The van der Waals surface area contributed by atoms with Crippen LogP contribution in [0.5, 0.6) is 5.75 Å². The van der Waals surface area contributed by atoms with Crippen molar-refractivity contribution in [2.75, 3.05) is 25.5 Å². The Kier molecular flexibility index (Phi) is 6.08. The highest BCUT2D eigenvalue weighted by Crippen LogP contribution is 2.28. The Hall–Kier alpha value is -2.34. The van der Waals surface area contributed by atoms with E-state index in [2.05, 4.69) is 34.4 Å². The molecule has 6 nitrogen and oxygen atoms in total. The molecule has 1 aliphatic rings. The number of aromatic nitrogens is 2. The van der Waals surface area contributed by atoms with Crippen molar-refractivity contribution in [1.29, 1.82) is 0 Å². The van der Waals surface area contributed by atoms with Crippen LogP contribution in [0.25, 0.3) is 0 Å². The van der Waals surface area contributed by atoms with E-state index in [-0.39, 0.29) is 5.91 Å². The summed E-state index contributed by atoms with van der Waals surface area (Å²) in [6.07, 6.45) is 3.81. The fourth-order valence-electron chi connectivity index (χ4n) is 3.63. The van der Waals surface area contributed by atoms with Crippen LogP contribution < -0.4 is 10.1 Å². The number of amides is 1. The van der Waals surface area contributed by atoms with Crippen LogP contribution in [0.1, 0.15) is 50.8 Å². The first-order chi connectivity index (χ1) is 13.3. The number of ether oxygens (including phenoxy) is 1. The lowest BCUT2D eigenvalue weighted by Crippen LogP contribution is -2.35. The summed E-state index contributed by atoms with van der Waals surface area (Å²) in [5.74, 6) is 1.75. The molecule has 2 aromatic rings. The minimum absolute atomic E-state index is 0.0153. The molecule has 1 N–H and O–H groups in total. The van der Waals surface area contributed by atoms with E-state index in [0.717, 1.165) is 44.0 Å². The van der Waals surface area contributed by atoms with Crippen molar-refractivity contribution in [1.82, 2.24) is 14.7 Å². The molecule has 1 aliphatic heterocycles. The van der Waals surface area contributed by atoms with Gasteiger partial charge in [0.15, 0.2) is 0 Å². The maximum Gasteiger partial charge on any atom is 0.230 e. The first-order valence-electron chi connectivity index (χ1n) is 9.99. The predicted octanol–water partition coefficient (Wildman–Crippen LogP) is 4.02. The first-order valence-corrected chi connectivity index (χ1v) is 9.99. The minimum Gasteiger partial charge on any atom is -0.496 e. The number of hydrogen-bond acceptors (Lipinski definition) is 4. The van der Waals surface area contributed by atoms with Gasteiger partial charge in [-0.15, -0.1) is 0 Å². The van der Waals surface area contributed by atoms with Gasteiger partial charge in [0.2, 0.25) is 5.91 Å². The third kappa shape index (κ3) is 4.73. The standard InChI is InChI=1S/C22H32N4O2/c1-16-14-17(6-7-19(16)28-5)15-25-12-9-18(10-13-25)26-20(8-11-23-26)24-21(27)22(2,3)4/h6-8,11,14,18H,9-10,12-13,15H2,1-5H3,(H,24,27). The van der Waals surface area contributed by atoms with Gasteiger partial charge in [0, 0.05) is 31.1 Å². The van der Waals surface area contributed by atoms with E-state index in [4.69, 9.17) is 4.74 Å². The van der Waals surface area contributed by atoms with Crippen molar-refractivity contribution in [2.24, 2.45) is 5.41 Å². The van der Waals surface area contributed by atoms with Gasteiger partial charge in [-0.2, -0.15) is 5.10 Å². The van der Waals surface area contributed by atoms with Gasteiger partial charge in [-0.25, -0.2) is 4.68 Å². The lowest BCUT2D eigenvalue weighted by molar-refractivity contribution is -0.123. The lowest BCUT2D eigenvalue weighted by Gasteiger charge is -2.33. The normalized spacial score (nSPS) is 16.2. The van der Waals surface area contributed by atoms with Crippen molar-refractivity contribution < 1.29 is 9.53 Å². The monoisotopic (exact) mass is 384 g/mol. The third-order valence-corrected chi connectivity index (χ3v) is 5.36.